The van der Waals surface area contributed by atoms with Crippen LogP contribution in [0.5, 0.6) is 0 Å². The van der Waals surface area contributed by atoms with E-state index in [2.05, 4.69) is 27.6 Å². The van der Waals surface area contributed by atoms with Crippen LogP contribution in [0.4, 0.5) is 5.69 Å². The molecular formula is C18H27N3O3S. The molecule has 1 aromatic carbocycles. The quantitative estimate of drug-likeness (QED) is 0.508. The minimum absolute atomic E-state index is 0.0222. The number of hydrogen-bond acceptors (Lipinski definition) is 4. The summed E-state index contributed by atoms with van der Waals surface area (Å²) >= 11 is 5.35. The molecule has 0 radical (unpaired) electrons. The number of para-hydroxylation sites is 1. The molecule has 2 unspecified atom stereocenters. The van der Waals surface area contributed by atoms with Crippen LogP contribution in [0.3, 0.4) is 0 Å². The zero-order valence-electron chi connectivity index (χ0n) is 15.4. The summed E-state index contributed by atoms with van der Waals surface area (Å²) in [5.74, 6) is -0.819. The summed E-state index contributed by atoms with van der Waals surface area (Å²) in [6.07, 6.45) is 0.872. The van der Waals surface area contributed by atoms with Crippen LogP contribution in [0.25, 0.3) is 0 Å². The highest BCUT2D eigenvalue weighted by atomic mass is 32.1. The number of anilines is 1. The van der Waals surface area contributed by atoms with E-state index in [-0.39, 0.29) is 11.8 Å². The molecule has 0 spiro atoms. The molecule has 0 aliphatic carbocycles. The second-order valence-corrected chi connectivity index (χ2v) is 6.49. The van der Waals surface area contributed by atoms with Gasteiger partial charge in [-0.05, 0) is 43.1 Å². The second kappa shape index (κ2) is 9.98. The summed E-state index contributed by atoms with van der Waals surface area (Å²) in [6.45, 7) is 7.45. The van der Waals surface area contributed by atoms with Crippen molar-refractivity contribution in [2.45, 2.75) is 46.2 Å². The van der Waals surface area contributed by atoms with E-state index in [9.17, 15) is 9.59 Å². The molecule has 0 bridgehead atoms. The number of benzene rings is 1. The Morgan fingerprint density at radius 2 is 1.80 bits per heavy atom. The van der Waals surface area contributed by atoms with Gasteiger partial charge in [0.1, 0.15) is 12.1 Å². The monoisotopic (exact) mass is 365 g/mol. The van der Waals surface area contributed by atoms with E-state index in [1.807, 2.05) is 38.1 Å². The number of rotatable bonds is 7. The normalized spacial score (nSPS) is 12.9. The highest BCUT2D eigenvalue weighted by Gasteiger charge is 2.26. The molecule has 7 heteroatoms. The first kappa shape index (κ1) is 20.9. The molecule has 0 saturated carbocycles. The van der Waals surface area contributed by atoms with E-state index in [1.54, 1.807) is 6.92 Å². The van der Waals surface area contributed by atoms with Crippen molar-refractivity contribution in [1.82, 2.24) is 10.6 Å². The van der Waals surface area contributed by atoms with Crippen molar-refractivity contribution in [3.05, 3.63) is 29.8 Å². The molecule has 0 saturated heterocycles. The van der Waals surface area contributed by atoms with Crippen LogP contribution < -0.4 is 16.0 Å². The highest BCUT2D eigenvalue weighted by molar-refractivity contribution is 7.80. The molecular weight excluding hydrogens is 338 g/mol. The lowest BCUT2D eigenvalue weighted by molar-refractivity contribution is -0.144. The van der Waals surface area contributed by atoms with Gasteiger partial charge >= 0.3 is 5.97 Å². The van der Waals surface area contributed by atoms with Crippen LogP contribution in [0.1, 0.15) is 33.3 Å². The number of hydrogen-bond donors (Lipinski definition) is 3. The van der Waals surface area contributed by atoms with Crippen LogP contribution in [0.15, 0.2) is 24.3 Å². The first-order valence-electron chi connectivity index (χ1n) is 8.33. The summed E-state index contributed by atoms with van der Waals surface area (Å²) in [7, 11) is 1.29. The molecule has 0 fully saturated rings. The minimum atomic E-state index is -0.720. The fraction of sp³-hybridized carbons (Fsp3) is 0.500. The number of aryl methyl sites for hydroxylation is 1. The zero-order chi connectivity index (χ0) is 19.0. The van der Waals surface area contributed by atoms with Crippen molar-refractivity contribution in [2.24, 2.45) is 5.92 Å². The van der Waals surface area contributed by atoms with Gasteiger partial charge in [0.2, 0.25) is 5.91 Å². The molecule has 3 N–H and O–H groups in total. The Morgan fingerprint density at radius 1 is 1.16 bits per heavy atom. The van der Waals surface area contributed by atoms with Crippen LogP contribution in [-0.2, 0) is 20.7 Å². The molecule has 138 valence electrons. The fourth-order valence-electron chi connectivity index (χ4n) is 2.32. The van der Waals surface area contributed by atoms with Gasteiger partial charge in [0.05, 0.1) is 7.11 Å². The van der Waals surface area contributed by atoms with Gasteiger partial charge in [0, 0.05) is 5.69 Å². The van der Waals surface area contributed by atoms with Crippen molar-refractivity contribution >= 4 is 34.9 Å². The summed E-state index contributed by atoms with van der Waals surface area (Å²) in [5.41, 5.74) is 2.05. The topological polar surface area (TPSA) is 79.5 Å². The smallest absolute Gasteiger partial charge is 0.328 e. The maximum Gasteiger partial charge on any atom is 0.328 e. The van der Waals surface area contributed by atoms with Gasteiger partial charge in [-0.15, -0.1) is 0 Å². The summed E-state index contributed by atoms with van der Waals surface area (Å²) in [6, 6.07) is 6.57. The van der Waals surface area contributed by atoms with Crippen LogP contribution in [0.2, 0.25) is 0 Å². The van der Waals surface area contributed by atoms with E-state index >= 15 is 0 Å². The summed E-state index contributed by atoms with van der Waals surface area (Å²) < 4.78 is 4.63. The van der Waals surface area contributed by atoms with Crippen molar-refractivity contribution < 1.29 is 14.3 Å². The van der Waals surface area contributed by atoms with Crippen molar-refractivity contribution in [1.29, 1.82) is 0 Å². The van der Waals surface area contributed by atoms with Crippen molar-refractivity contribution in [2.75, 3.05) is 12.4 Å². The number of amides is 1. The molecule has 1 rings (SSSR count). The SMILES string of the molecule is CCc1ccccc1NC(=S)NC(C(=O)NC(C)C(=O)OC)C(C)C. The van der Waals surface area contributed by atoms with Gasteiger partial charge in [-0.25, -0.2) is 4.79 Å². The van der Waals surface area contributed by atoms with E-state index in [1.165, 1.54) is 7.11 Å². The molecule has 1 aromatic rings. The van der Waals surface area contributed by atoms with E-state index in [4.69, 9.17) is 12.2 Å². The van der Waals surface area contributed by atoms with E-state index < -0.39 is 18.1 Å². The number of carbonyl (C=O) groups excluding carboxylic acids is 2. The van der Waals surface area contributed by atoms with E-state index in [0.717, 1.165) is 17.7 Å². The van der Waals surface area contributed by atoms with Gasteiger partial charge in [-0.2, -0.15) is 0 Å². The molecule has 0 aliphatic rings. The molecule has 6 nitrogen and oxygen atoms in total. The third kappa shape index (κ3) is 6.34. The highest BCUT2D eigenvalue weighted by Crippen LogP contribution is 2.15. The Bertz CT molecular complexity index is 619. The van der Waals surface area contributed by atoms with Crippen LogP contribution in [0, 0.1) is 5.92 Å². The number of carbonyl (C=O) groups is 2. The molecule has 2 atom stereocenters. The number of esters is 1. The maximum atomic E-state index is 12.5. The zero-order valence-corrected chi connectivity index (χ0v) is 16.2. The summed E-state index contributed by atoms with van der Waals surface area (Å²) in [5, 5.41) is 9.17. The molecule has 0 aromatic heterocycles. The number of thiocarbonyl (C=S) groups is 1. The Morgan fingerprint density at radius 3 is 2.36 bits per heavy atom. The maximum absolute atomic E-state index is 12.5. The molecule has 0 aliphatic heterocycles. The molecule has 0 heterocycles. The lowest BCUT2D eigenvalue weighted by Gasteiger charge is -2.25. The Labute approximate surface area is 154 Å². The number of nitrogens with one attached hydrogen (secondary N) is 3. The van der Waals surface area contributed by atoms with Gasteiger partial charge in [-0.3, -0.25) is 4.79 Å². The van der Waals surface area contributed by atoms with Gasteiger partial charge in [0.25, 0.3) is 0 Å². The second-order valence-electron chi connectivity index (χ2n) is 6.08. The average Bonchev–Trinajstić information content (AvgIpc) is 2.58. The van der Waals surface area contributed by atoms with Crippen LogP contribution in [-0.4, -0.2) is 36.2 Å². The lowest BCUT2D eigenvalue weighted by atomic mass is 10.0. The van der Waals surface area contributed by atoms with Crippen LogP contribution >= 0.6 is 12.2 Å². The Kier molecular flexibility index (Phi) is 8.34. The van der Waals surface area contributed by atoms with Gasteiger partial charge < -0.3 is 20.7 Å². The Hall–Kier alpha value is -2.15. The third-order valence-electron chi connectivity index (χ3n) is 3.80. The average molecular weight is 365 g/mol. The third-order valence-corrected chi connectivity index (χ3v) is 4.02. The lowest BCUT2D eigenvalue weighted by Crippen LogP contribution is -2.53. The van der Waals surface area contributed by atoms with Gasteiger partial charge in [0.15, 0.2) is 5.11 Å². The predicted octanol–water partition coefficient (Wildman–Crippen LogP) is 2.24. The predicted molar refractivity (Wildman–Crippen MR) is 103 cm³/mol. The first-order valence-corrected chi connectivity index (χ1v) is 8.74. The number of ether oxygens (including phenoxy) is 1. The van der Waals surface area contributed by atoms with Crippen molar-refractivity contribution in [3.8, 4) is 0 Å². The van der Waals surface area contributed by atoms with Gasteiger partial charge in [-0.1, -0.05) is 39.0 Å². The Balaban J connectivity index is 2.75. The molecule has 1 amide bonds. The first-order chi connectivity index (χ1) is 11.8. The van der Waals surface area contributed by atoms with E-state index in [0.29, 0.717) is 5.11 Å². The largest absolute Gasteiger partial charge is 0.467 e. The molecule has 25 heavy (non-hydrogen) atoms. The number of methoxy groups -OCH3 is 1. The van der Waals surface area contributed by atoms with Crippen molar-refractivity contribution in [3.63, 3.8) is 0 Å². The minimum Gasteiger partial charge on any atom is -0.467 e. The fourth-order valence-corrected chi connectivity index (χ4v) is 2.56. The standard InChI is InChI=1S/C18H27N3O3S/c1-6-13-9-7-8-10-14(13)20-18(25)21-15(11(2)3)16(22)19-12(4)17(23)24-5/h7-12,15H,6H2,1-5H3,(H,19,22)(H2,20,21,25). The summed E-state index contributed by atoms with van der Waals surface area (Å²) in [4.78, 5) is 23.9.